The highest BCUT2D eigenvalue weighted by molar-refractivity contribution is 6.17. The molecule has 0 saturated heterocycles. The number of hydrogen-bond donors (Lipinski definition) is 1. The Bertz CT molecular complexity index is 368. The quantitative estimate of drug-likeness (QED) is 0.810. The Morgan fingerprint density at radius 2 is 2.13 bits per heavy atom. The van der Waals surface area contributed by atoms with Gasteiger partial charge in [0.1, 0.15) is 0 Å². The topological polar surface area (TPSA) is 42.4 Å². The number of aromatic hydroxyl groups is 1. The smallest absolute Gasteiger partial charge is 0.503 e. The molecule has 1 aromatic heterocycles. The Morgan fingerprint density at radius 3 is 2.60 bits per heavy atom. The van der Waals surface area contributed by atoms with Crippen molar-refractivity contribution >= 4 is 11.6 Å². The van der Waals surface area contributed by atoms with Crippen molar-refractivity contribution in [1.29, 1.82) is 0 Å². The zero-order valence-electron chi connectivity index (χ0n) is 7.60. The minimum Gasteiger partial charge on any atom is -0.503 e. The molecule has 0 aromatic carbocycles. The molecule has 0 aliphatic rings. The van der Waals surface area contributed by atoms with Crippen LogP contribution in [0.5, 0.6) is 11.6 Å². The first-order chi connectivity index (χ1) is 6.85. The molecule has 0 radical (unpaired) electrons. The summed E-state index contributed by atoms with van der Waals surface area (Å²) in [6, 6.07) is 0. The molecule has 3 nitrogen and oxygen atoms in total. The van der Waals surface area contributed by atoms with Gasteiger partial charge in [0, 0.05) is 17.6 Å². The molecule has 0 aliphatic carbocycles. The van der Waals surface area contributed by atoms with Gasteiger partial charge in [-0.25, -0.2) is 4.98 Å². The highest BCUT2D eigenvalue weighted by atomic mass is 35.5. The van der Waals surface area contributed by atoms with Gasteiger partial charge in [-0.1, -0.05) is 0 Å². The van der Waals surface area contributed by atoms with E-state index in [0.717, 1.165) is 6.20 Å². The van der Waals surface area contributed by atoms with E-state index in [0.29, 0.717) is 5.56 Å². The Balaban J connectivity index is 3.07. The summed E-state index contributed by atoms with van der Waals surface area (Å²) in [6.45, 7) is 1.43. The minimum absolute atomic E-state index is 0.0543. The molecule has 84 valence electrons. The molecule has 0 unspecified atom stereocenters. The average molecular weight is 242 g/mol. The SMILES string of the molecule is Cc1c(CCl)cnc(OC(F)(F)F)c1O. The lowest BCUT2D eigenvalue weighted by molar-refractivity contribution is -0.276. The highest BCUT2D eigenvalue weighted by Gasteiger charge is 2.33. The first kappa shape index (κ1) is 11.9. The Morgan fingerprint density at radius 1 is 1.53 bits per heavy atom. The zero-order valence-corrected chi connectivity index (χ0v) is 8.35. The molecule has 0 aliphatic heterocycles. The van der Waals surface area contributed by atoms with Crippen molar-refractivity contribution in [2.45, 2.75) is 19.2 Å². The van der Waals surface area contributed by atoms with E-state index in [1.807, 2.05) is 0 Å². The maximum atomic E-state index is 11.8. The third-order valence-corrected chi connectivity index (χ3v) is 2.02. The molecule has 0 atom stereocenters. The Kier molecular flexibility index (Phi) is 3.28. The fourth-order valence-electron chi connectivity index (χ4n) is 0.926. The second kappa shape index (κ2) is 4.14. The molecule has 0 saturated carbocycles. The molecule has 0 fully saturated rings. The fraction of sp³-hybridized carbons (Fsp3) is 0.375. The predicted molar refractivity (Wildman–Crippen MR) is 46.9 cm³/mol. The largest absolute Gasteiger partial charge is 0.574 e. The van der Waals surface area contributed by atoms with E-state index in [9.17, 15) is 18.3 Å². The molecule has 15 heavy (non-hydrogen) atoms. The molecule has 1 heterocycles. The summed E-state index contributed by atoms with van der Waals surface area (Å²) in [4.78, 5) is 3.32. The third kappa shape index (κ3) is 2.89. The molecular formula is C8H7ClF3NO2. The first-order valence-corrected chi connectivity index (χ1v) is 4.37. The summed E-state index contributed by atoms with van der Waals surface area (Å²) in [5, 5.41) is 9.33. The van der Waals surface area contributed by atoms with Crippen LogP contribution in [0.4, 0.5) is 13.2 Å². The molecule has 1 aromatic rings. The second-order valence-corrected chi connectivity index (χ2v) is 3.01. The number of ether oxygens (including phenoxy) is 1. The van der Waals surface area contributed by atoms with E-state index in [1.54, 1.807) is 0 Å². The van der Waals surface area contributed by atoms with Crippen LogP contribution in [0, 0.1) is 6.92 Å². The van der Waals surface area contributed by atoms with Gasteiger partial charge in [-0.3, -0.25) is 0 Å². The third-order valence-electron chi connectivity index (χ3n) is 1.73. The average Bonchev–Trinajstić information content (AvgIpc) is 2.11. The van der Waals surface area contributed by atoms with Gasteiger partial charge >= 0.3 is 6.36 Å². The van der Waals surface area contributed by atoms with Crippen molar-refractivity contribution in [3.63, 3.8) is 0 Å². The van der Waals surface area contributed by atoms with Crippen LogP contribution < -0.4 is 4.74 Å². The van der Waals surface area contributed by atoms with Crippen molar-refractivity contribution in [3.8, 4) is 11.6 Å². The van der Waals surface area contributed by atoms with Crippen LogP contribution in [-0.2, 0) is 5.88 Å². The van der Waals surface area contributed by atoms with Gasteiger partial charge in [0.05, 0.1) is 0 Å². The van der Waals surface area contributed by atoms with E-state index >= 15 is 0 Å². The number of aromatic nitrogens is 1. The van der Waals surface area contributed by atoms with Crippen LogP contribution in [0.1, 0.15) is 11.1 Å². The Hall–Kier alpha value is -1.17. The second-order valence-electron chi connectivity index (χ2n) is 2.74. The van der Waals surface area contributed by atoms with Crippen LogP contribution in [-0.4, -0.2) is 16.5 Å². The minimum atomic E-state index is -4.88. The lowest BCUT2D eigenvalue weighted by Crippen LogP contribution is -2.18. The van der Waals surface area contributed by atoms with Gasteiger partial charge in [0.25, 0.3) is 5.88 Å². The van der Waals surface area contributed by atoms with Gasteiger partial charge in [0.2, 0.25) is 0 Å². The lowest BCUT2D eigenvalue weighted by Gasteiger charge is -2.11. The van der Waals surface area contributed by atoms with Crippen molar-refractivity contribution in [3.05, 3.63) is 17.3 Å². The van der Waals surface area contributed by atoms with E-state index in [1.165, 1.54) is 6.92 Å². The van der Waals surface area contributed by atoms with Crippen LogP contribution in [0.3, 0.4) is 0 Å². The lowest BCUT2D eigenvalue weighted by atomic mass is 10.2. The van der Waals surface area contributed by atoms with E-state index in [4.69, 9.17) is 11.6 Å². The van der Waals surface area contributed by atoms with E-state index in [2.05, 4.69) is 9.72 Å². The maximum Gasteiger partial charge on any atom is 0.574 e. The molecule has 7 heteroatoms. The molecule has 1 rings (SSSR count). The van der Waals surface area contributed by atoms with Crippen LogP contribution in [0.15, 0.2) is 6.20 Å². The van der Waals surface area contributed by atoms with Gasteiger partial charge in [0.15, 0.2) is 5.75 Å². The number of alkyl halides is 4. The molecule has 0 amide bonds. The van der Waals surface area contributed by atoms with Crippen LogP contribution in [0.25, 0.3) is 0 Å². The predicted octanol–water partition coefficient (Wildman–Crippen LogP) is 2.73. The van der Waals surface area contributed by atoms with Crippen molar-refractivity contribution in [1.82, 2.24) is 4.98 Å². The number of halogens is 4. The highest BCUT2D eigenvalue weighted by Crippen LogP contribution is 2.33. The van der Waals surface area contributed by atoms with Crippen molar-refractivity contribution in [2.75, 3.05) is 0 Å². The van der Waals surface area contributed by atoms with Gasteiger partial charge in [-0.15, -0.1) is 24.8 Å². The summed E-state index contributed by atoms with van der Waals surface area (Å²) >= 11 is 5.48. The number of nitrogens with zero attached hydrogens (tertiary/aromatic N) is 1. The Labute approximate surface area is 88.5 Å². The van der Waals surface area contributed by atoms with Crippen LogP contribution in [0.2, 0.25) is 0 Å². The van der Waals surface area contributed by atoms with Gasteiger partial charge < -0.3 is 9.84 Å². The monoisotopic (exact) mass is 241 g/mol. The first-order valence-electron chi connectivity index (χ1n) is 3.84. The van der Waals surface area contributed by atoms with Crippen molar-refractivity contribution < 1.29 is 23.0 Å². The molecular weight excluding hydrogens is 235 g/mol. The fourth-order valence-corrected chi connectivity index (χ4v) is 1.20. The summed E-state index contributed by atoms with van der Waals surface area (Å²) in [5.74, 6) is -1.46. The van der Waals surface area contributed by atoms with E-state index < -0.39 is 18.0 Å². The number of pyridine rings is 1. The van der Waals surface area contributed by atoms with Gasteiger partial charge in [-0.2, -0.15) is 0 Å². The van der Waals surface area contributed by atoms with Crippen molar-refractivity contribution in [2.24, 2.45) is 0 Å². The van der Waals surface area contributed by atoms with E-state index in [-0.39, 0.29) is 11.4 Å². The summed E-state index contributed by atoms with van der Waals surface area (Å²) in [5.41, 5.74) is 0.669. The standard InChI is InChI=1S/C8H7ClF3NO2/c1-4-5(2-9)3-13-7(6(4)14)15-8(10,11)12/h3,14H,2H2,1H3. The number of rotatable bonds is 2. The summed E-state index contributed by atoms with van der Waals surface area (Å²) < 4.78 is 39.0. The zero-order chi connectivity index (χ0) is 11.6. The number of hydrogen-bond acceptors (Lipinski definition) is 3. The molecule has 1 N–H and O–H groups in total. The maximum absolute atomic E-state index is 11.8. The van der Waals surface area contributed by atoms with Crippen LogP contribution >= 0.6 is 11.6 Å². The normalized spacial score (nSPS) is 11.5. The summed E-state index contributed by atoms with van der Waals surface area (Å²) in [7, 11) is 0. The molecule has 0 bridgehead atoms. The van der Waals surface area contributed by atoms with Gasteiger partial charge in [-0.05, 0) is 12.5 Å². The summed E-state index contributed by atoms with van der Waals surface area (Å²) in [6.07, 6.45) is -3.75. The molecule has 0 spiro atoms.